The highest BCUT2D eigenvalue weighted by molar-refractivity contribution is 5.77. The molecule has 0 bridgehead atoms. The zero-order chi connectivity index (χ0) is 16.5. The predicted octanol–water partition coefficient (Wildman–Crippen LogP) is 3.65. The van der Waals surface area contributed by atoms with Crippen LogP contribution in [0.15, 0.2) is 53.3 Å². The SMILES string of the molecule is C[C@@H](N[C@H]1CCCc2ccccc21)c1nc2ccccc2c(=O)[nH]1. The molecule has 122 valence electrons. The quantitative estimate of drug-likeness (QED) is 0.775. The van der Waals surface area contributed by atoms with E-state index in [-0.39, 0.29) is 11.6 Å². The molecule has 0 unspecified atom stereocenters. The van der Waals surface area contributed by atoms with E-state index in [4.69, 9.17) is 0 Å². The summed E-state index contributed by atoms with van der Waals surface area (Å²) in [5.41, 5.74) is 3.47. The van der Waals surface area contributed by atoms with E-state index in [9.17, 15) is 4.79 Å². The van der Waals surface area contributed by atoms with Gasteiger partial charge in [0.15, 0.2) is 0 Å². The summed E-state index contributed by atoms with van der Waals surface area (Å²) < 4.78 is 0. The lowest BCUT2D eigenvalue weighted by atomic mass is 9.87. The first-order valence-electron chi connectivity index (χ1n) is 8.55. The van der Waals surface area contributed by atoms with E-state index in [1.165, 1.54) is 17.5 Å². The largest absolute Gasteiger partial charge is 0.309 e. The molecule has 1 aliphatic rings. The number of hydrogen-bond donors (Lipinski definition) is 2. The van der Waals surface area contributed by atoms with E-state index < -0.39 is 0 Å². The highest BCUT2D eigenvalue weighted by Crippen LogP contribution is 2.31. The van der Waals surface area contributed by atoms with Crippen LogP contribution in [-0.2, 0) is 6.42 Å². The van der Waals surface area contributed by atoms with Crippen molar-refractivity contribution in [3.63, 3.8) is 0 Å². The van der Waals surface area contributed by atoms with Gasteiger partial charge in [0.1, 0.15) is 5.82 Å². The second-order valence-corrected chi connectivity index (χ2v) is 6.50. The molecular formula is C20H21N3O. The van der Waals surface area contributed by atoms with Gasteiger partial charge in [-0.1, -0.05) is 36.4 Å². The van der Waals surface area contributed by atoms with E-state index in [0.717, 1.165) is 18.4 Å². The zero-order valence-electron chi connectivity index (χ0n) is 13.8. The van der Waals surface area contributed by atoms with Gasteiger partial charge in [0.2, 0.25) is 0 Å². The maximum atomic E-state index is 12.3. The van der Waals surface area contributed by atoms with Gasteiger partial charge < -0.3 is 10.3 Å². The van der Waals surface area contributed by atoms with Gasteiger partial charge in [-0.25, -0.2) is 4.98 Å². The topological polar surface area (TPSA) is 57.8 Å². The summed E-state index contributed by atoms with van der Waals surface area (Å²) in [5.74, 6) is 0.696. The Morgan fingerprint density at radius 3 is 2.88 bits per heavy atom. The first kappa shape index (κ1) is 15.1. The number of aryl methyl sites for hydroxylation is 1. The molecule has 2 atom stereocenters. The normalized spacial score (nSPS) is 18.3. The molecule has 0 spiro atoms. The Hall–Kier alpha value is -2.46. The number of para-hydroxylation sites is 1. The molecule has 2 N–H and O–H groups in total. The summed E-state index contributed by atoms with van der Waals surface area (Å²) in [6.45, 7) is 2.06. The second-order valence-electron chi connectivity index (χ2n) is 6.50. The number of H-pyrrole nitrogens is 1. The summed E-state index contributed by atoms with van der Waals surface area (Å²) >= 11 is 0. The molecular weight excluding hydrogens is 298 g/mol. The highest BCUT2D eigenvalue weighted by atomic mass is 16.1. The number of aromatic amines is 1. The molecule has 4 rings (SSSR count). The van der Waals surface area contributed by atoms with E-state index in [0.29, 0.717) is 17.3 Å². The van der Waals surface area contributed by atoms with Crippen LogP contribution >= 0.6 is 0 Å². The second kappa shape index (κ2) is 6.21. The number of rotatable bonds is 3. The fourth-order valence-electron chi connectivity index (χ4n) is 3.62. The van der Waals surface area contributed by atoms with Crippen molar-refractivity contribution < 1.29 is 0 Å². The zero-order valence-corrected chi connectivity index (χ0v) is 13.8. The first-order chi connectivity index (χ1) is 11.7. The summed E-state index contributed by atoms with van der Waals surface area (Å²) in [6, 6.07) is 16.4. The van der Waals surface area contributed by atoms with Crippen LogP contribution in [0.25, 0.3) is 10.9 Å². The molecule has 1 heterocycles. The van der Waals surface area contributed by atoms with Crippen LogP contribution < -0.4 is 10.9 Å². The Bertz CT molecular complexity index is 931. The summed E-state index contributed by atoms with van der Waals surface area (Å²) in [6.07, 6.45) is 3.44. The van der Waals surface area contributed by atoms with Crippen molar-refractivity contribution in [2.75, 3.05) is 0 Å². The molecule has 3 aromatic rings. The molecule has 4 heteroatoms. The van der Waals surface area contributed by atoms with Gasteiger partial charge in [0, 0.05) is 6.04 Å². The van der Waals surface area contributed by atoms with E-state index in [2.05, 4.69) is 46.5 Å². The maximum Gasteiger partial charge on any atom is 0.258 e. The molecule has 1 aliphatic carbocycles. The Morgan fingerprint density at radius 2 is 1.96 bits per heavy atom. The molecule has 1 aromatic heterocycles. The van der Waals surface area contributed by atoms with E-state index >= 15 is 0 Å². The average Bonchev–Trinajstić information content (AvgIpc) is 2.62. The van der Waals surface area contributed by atoms with Gasteiger partial charge in [0.25, 0.3) is 5.56 Å². The molecule has 24 heavy (non-hydrogen) atoms. The van der Waals surface area contributed by atoms with Crippen LogP contribution in [0.4, 0.5) is 0 Å². The molecule has 0 saturated carbocycles. The summed E-state index contributed by atoms with van der Waals surface area (Å²) in [7, 11) is 0. The molecule has 4 nitrogen and oxygen atoms in total. The molecule has 0 aliphatic heterocycles. The lowest BCUT2D eigenvalue weighted by molar-refractivity contribution is 0.406. The molecule has 2 aromatic carbocycles. The standard InChI is InChI=1S/C20H21N3O/c1-13(19-22-18-11-5-4-10-16(18)20(24)23-19)21-17-12-6-8-14-7-2-3-9-15(14)17/h2-5,7,9-11,13,17,21H,6,8,12H2,1H3,(H,22,23,24)/t13-,17+/m1/s1. The minimum absolute atomic E-state index is 0.0153. The van der Waals surface area contributed by atoms with Gasteiger partial charge in [-0.15, -0.1) is 0 Å². The molecule has 0 radical (unpaired) electrons. The van der Waals surface area contributed by atoms with Crippen LogP contribution in [0, 0.1) is 0 Å². The van der Waals surface area contributed by atoms with Gasteiger partial charge in [-0.2, -0.15) is 0 Å². The van der Waals surface area contributed by atoms with Crippen LogP contribution in [0.2, 0.25) is 0 Å². The smallest absolute Gasteiger partial charge is 0.258 e. The van der Waals surface area contributed by atoms with Crippen molar-refractivity contribution in [3.8, 4) is 0 Å². The van der Waals surface area contributed by atoms with Crippen molar-refractivity contribution >= 4 is 10.9 Å². The monoisotopic (exact) mass is 319 g/mol. The van der Waals surface area contributed by atoms with Crippen molar-refractivity contribution in [1.29, 1.82) is 0 Å². The third-order valence-electron chi connectivity index (χ3n) is 4.86. The first-order valence-corrected chi connectivity index (χ1v) is 8.55. The Kier molecular flexibility index (Phi) is 3.90. The van der Waals surface area contributed by atoms with Crippen LogP contribution in [0.3, 0.4) is 0 Å². The lowest BCUT2D eigenvalue weighted by Crippen LogP contribution is -2.30. The fourth-order valence-corrected chi connectivity index (χ4v) is 3.62. The van der Waals surface area contributed by atoms with Gasteiger partial charge in [-0.3, -0.25) is 4.79 Å². The molecule has 0 fully saturated rings. The number of nitrogens with one attached hydrogen (secondary N) is 2. The Balaban J connectivity index is 1.63. The van der Waals surface area contributed by atoms with Gasteiger partial charge in [0.05, 0.1) is 16.9 Å². The maximum absolute atomic E-state index is 12.3. The van der Waals surface area contributed by atoms with Crippen LogP contribution in [0.5, 0.6) is 0 Å². The Labute approximate surface area is 141 Å². The predicted molar refractivity (Wildman–Crippen MR) is 96.0 cm³/mol. The minimum Gasteiger partial charge on any atom is -0.309 e. The van der Waals surface area contributed by atoms with E-state index in [1.54, 1.807) is 6.07 Å². The third kappa shape index (κ3) is 2.74. The molecule has 0 saturated heterocycles. The van der Waals surface area contributed by atoms with Crippen molar-refractivity contribution in [1.82, 2.24) is 15.3 Å². The minimum atomic E-state index is -0.0757. The fraction of sp³-hybridized carbons (Fsp3) is 0.300. The van der Waals surface area contributed by atoms with Crippen LogP contribution in [-0.4, -0.2) is 9.97 Å². The average molecular weight is 319 g/mol. The Morgan fingerprint density at radius 1 is 1.17 bits per heavy atom. The summed E-state index contributed by atoms with van der Waals surface area (Å²) in [4.78, 5) is 19.8. The number of nitrogens with zero attached hydrogens (tertiary/aromatic N) is 1. The van der Waals surface area contributed by atoms with Gasteiger partial charge >= 0.3 is 0 Å². The molecule has 0 amide bonds. The number of fused-ring (bicyclic) bond motifs is 2. The third-order valence-corrected chi connectivity index (χ3v) is 4.86. The lowest BCUT2D eigenvalue weighted by Gasteiger charge is -2.29. The summed E-state index contributed by atoms with van der Waals surface area (Å²) in [5, 5.41) is 4.29. The number of benzene rings is 2. The van der Waals surface area contributed by atoms with Crippen molar-refractivity contribution in [2.45, 2.75) is 38.3 Å². The van der Waals surface area contributed by atoms with E-state index in [1.807, 2.05) is 18.2 Å². The number of hydrogen-bond acceptors (Lipinski definition) is 3. The van der Waals surface area contributed by atoms with Crippen molar-refractivity contribution in [3.05, 3.63) is 75.8 Å². The highest BCUT2D eigenvalue weighted by Gasteiger charge is 2.22. The van der Waals surface area contributed by atoms with Crippen LogP contribution in [0.1, 0.15) is 48.8 Å². The number of aromatic nitrogens is 2. The van der Waals surface area contributed by atoms with Gasteiger partial charge in [-0.05, 0) is 49.4 Å². The van der Waals surface area contributed by atoms with Crippen molar-refractivity contribution in [2.24, 2.45) is 0 Å².